The average Bonchev–Trinajstić information content (AvgIpc) is 3.75. The summed E-state index contributed by atoms with van der Waals surface area (Å²) in [6.07, 6.45) is 3.74. The Bertz CT molecular complexity index is 2040. The maximum atomic E-state index is 10.5. The maximum Gasteiger partial charge on any atom is 0.303 e. The van der Waals surface area contributed by atoms with Gasteiger partial charge in [0.25, 0.3) is 0 Å². The van der Waals surface area contributed by atoms with E-state index in [-0.39, 0.29) is 45.2 Å². The SMILES string of the molecule is O=C(O)CCCOc1ccc(-c2cn[nH]c2-c2cc(Cl)c(O)cc2O)cc1.Oc1ccc(-c2cn[nH]c2-c2cc(Cl)c(O)cc2O)cc1. The summed E-state index contributed by atoms with van der Waals surface area (Å²) in [6.45, 7) is 0.322. The van der Waals surface area contributed by atoms with Crippen molar-refractivity contribution >= 4 is 29.2 Å². The molecule has 6 rings (SSSR count). The number of hydrogen-bond donors (Lipinski definition) is 8. The van der Waals surface area contributed by atoms with Crippen molar-refractivity contribution in [3.8, 4) is 79.3 Å². The Morgan fingerprint density at radius 2 is 1.10 bits per heavy atom. The molecule has 2 aromatic heterocycles. The molecule has 0 aliphatic carbocycles. The number of halogens is 2. The van der Waals surface area contributed by atoms with Crippen LogP contribution < -0.4 is 4.74 Å². The van der Waals surface area contributed by atoms with Crippen LogP contribution in [-0.2, 0) is 4.79 Å². The van der Waals surface area contributed by atoms with Gasteiger partial charge in [-0.15, -0.1) is 0 Å². The minimum Gasteiger partial charge on any atom is -0.508 e. The predicted octanol–water partition coefficient (Wildman–Crippen LogP) is 7.57. The van der Waals surface area contributed by atoms with Gasteiger partial charge >= 0.3 is 5.97 Å². The van der Waals surface area contributed by atoms with Crippen LogP contribution in [0.1, 0.15) is 12.8 Å². The molecule has 0 saturated carbocycles. The Morgan fingerprint density at radius 3 is 1.56 bits per heavy atom. The van der Waals surface area contributed by atoms with Crippen molar-refractivity contribution in [2.45, 2.75) is 12.8 Å². The predicted molar refractivity (Wildman–Crippen MR) is 180 cm³/mol. The highest BCUT2D eigenvalue weighted by atomic mass is 35.5. The summed E-state index contributed by atoms with van der Waals surface area (Å²) < 4.78 is 5.52. The molecule has 0 amide bonds. The van der Waals surface area contributed by atoms with Crippen LogP contribution in [0.5, 0.6) is 34.5 Å². The lowest BCUT2D eigenvalue weighted by molar-refractivity contribution is -0.137. The molecule has 8 N–H and O–H groups in total. The summed E-state index contributed by atoms with van der Waals surface area (Å²) >= 11 is 11.8. The number of carboxylic acids is 1. The molecule has 2 heterocycles. The number of H-pyrrole nitrogens is 2. The van der Waals surface area contributed by atoms with E-state index in [4.69, 9.17) is 33.0 Å². The fraction of sp³-hybridized carbons (Fsp3) is 0.0882. The molecule has 0 radical (unpaired) electrons. The largest absolute Gasteiger partial charge is 0.508 e. The number of phenolic OH excluding ortho intramolecular Hbond substituents is 5. The molecule has 6 aromatic rings. The number of nitrogens with one attached hydrogen (secondary N) is 2. The van der Waals surface area contributed by atoms with Crippen LogP contribution in [0.3, 0.4) is 0 Å². The molecule has 14 heteroatoms. The molecular formula is C34H28Cl2N4O8. The Kier molecular flexibility index (Phi) is 10.3. The highest BCUT2D eigenvalue weighted by Gasteiger charge is 2.17. The number of hydrogen-bond acceptors (Lipinski definition) is 9. The third kappa shape index (κ3) is 7.74. The number of aromatic nitrogens is 4. The van der Waals surface area contributed by atoms with E-state index >= 15 is 0 Å². The van der Waals surface area contributed by atoms with Crippen molar-refractivity contribution in [1.82, 2.24) is 20.4 Å². The van der Waals surface area contributed by atoms with E-state index in [9.17, 15) is 30.3 Å². The summed E-state index contributed by atoms with van der Waals surface area (Å²) in [5.74, 6) is -0.683. The van der Waals surface area contributed by atoms with Crippen LogP contribution in [-0.4, -0.2) is 63.6 Å². The molecule has 48 heavy (non-hydrogen) atoms. The molecule has 0 saturated heterocycles. The van der Waals surface area contributed by atoms with Crippen LogP contribution in [0.25, 0.3) is 44.8 Å². The highest BCUT2D eigenvalue weighted by molar-refractivity contribution is 6.32. The molecule has 0 aliphatic rings. The zero-order chi connectivity index (χ0) is 34.4. The van der Waals surface area contributed by atoms with Crippen molar-refractivity contribution in [3.63, 3.8) is 0 Å². The van der Waals surface area contributed by atoms with Gasteiger partial charge in [-0.3, -0.25) is 15.0 Å². The fourth-order valence-corrected chi connectivity index (χ4v) is 5.04. The summed E-state index contributed by atoms with van der Waals surface area (Å²) in [5.41, 5.74) is 5.11. The molecule has 0 spiro atoms. The zero-order valence-electron chi connectivity index (χ0n) is 24.9. The molecule has 0 bridgehead atoms. The van der Waals surface area contributed by atoms with Gasteiger partial charge in [0.15, 0.2) is 0 Å². The van der Waals surface area contributed by atoms with Gasteiger partial charge in [-0.2, -0.15) is 10.2 Å². The summed E-state index contributed by atoms with van der Waals surface area (Å²) in [7, 11) is 0. The number of carbonyl (C=O) groups is 1. The Morgan fingerprint density at radius 1 is 0.646 bits per heavy atom. The van der Waals surface area contributed by atoms with Gasteiger partial charge in [-0.25, -0.2) is 0 Å². The normalized spacial score (nSPS) is 10.7. The van der Waals surface area contributed by atoms with Crippen LogP contribution in [0, 0.1) is 0 Å². The van der Waals surface area contributed by atoms with Gasteiger partial charge < -0.3 is 35.4 Å². The van der Waals surface area contributed by atoms with Gasteiger partial charge in [0.2, 0.25) is 0 Å². The lowest BCUT2D eigenvalue weighted by Crippen LogP contribution is -2.01. The number of nitrogens with zero attached hydrogens (tertiary/aromatic N) is 2. The third-order valence-corrected chi connectivity index (χ3v) is 7.70. The Labute approximate surface area is 283 Å². The first kappa shape index (κ1) is 33.5. The average molecular weight is 692 g/mol. The summed E-state index contributed by atoms with van der Waals surface area (Å²) in [5, 5.41) is 71.1. The zero-order valence-corrected chi connectivity index (χ0v) is 26.4. The minimum absolute atomic E-state index is 0.0646. The molecule has 4 aromatic carbocycles. The highest BCUT2D eigenvalue weighted by Crippen LogP contribution is 2.41. The second-order valence-corrected chi connectivity index (χ2v) is 11.2. The molecule has 12 nitrogen and oxygen atoms in total. The smallest absolute Gasteiger partial charge is 0.303 e. The topological polar surface area (TPSA) is 205 Å². The van der Waals surface area contributed by atoms with Crippen LogP contribution >= 0.6 is 23.2 Å². The number of carboxylic acid groups (broad SMARTS) is 1. The Hall–Kier alpha value is -5.85. The quantitative estimate of drug-likeness (QED) is 0.0698. The van der Waals surface area contributed by atoms with E-state index in [1.54, 1.807) is 48.8 Å². The van der Waals surface area contributed by atoms with Crippen molar-refractivity contribution in [1.29, 1.82) is 0 Å². The number of phenols is 5. The first-order chi connectivity index (χ1) is 23.0. The van der Waals surface area contributed by atoms with Gasteiger partial charge in [-0.1, -0.05) is 47.5 Å². The number of aliphatic carboxylic acids is 1. The molecule has 0 aliphatic heterocycles. The van der Waals surface area contributed by atoms with E-state index in [1.807, 2.05) is 12.1 Å². The number of aromatic hydroxyl groups is 5. The fourth-order valence-electron chi connectivity index (χ4n) is 4.71. The maximum absolute atomic E-state index is 10.5. The number of ether oxygens (including phenoxy) is 1. The Balaban J connectivity index is 0.000000194. The van der Waals surface area contributed by atoms with Crippen molar-refractivity contribution in [2.75, 3.05) is 6.61 Å². The van der Waals surface area contributed by atoms with Gasteiger partial charge in [-0.05, 0) is 53.9 Å². The van der Waals surface area contributed by atoms with Gasteiger partial charge in [0.1, 0.15) is 34.5 Å². The second-order valence-electron chi connectivity index (χ2n) is 10.4. The lowest BCUT2D eigenvalue weighted by atomic mass is 10.0. The number of aromatic amines is 2. The lowest BCUT2D eigenvalue weighted by Gasteiger charge is -2.09. The van der Waals surface area contributed by atoms with Crippen molar-refractivity contribution < 1.29 is 40.2 Å². The molecule has 0 fully saturated rings. The molecule has 246 valence electrons. The van der Waals surface area contributed by atoms with Crippen LogP contribution in [0.4, 0.5) is 0 Å². The minimum atomic E-state index is -0.848. The van der Waals surface area contributed by atoms with E-state index in [1.165, 1.54) is 24.3 Å². The first-order valence-corrected chi connectivity index (χ1v) is 15.0. The molecule has 0 unspecified atom stereocenters. The monoisotopic (exact) mass is 690 g/mol. The van der Waals surface area contributed by atoms with E-state index < -0.39 is 5.97 Å². The summed E-state index contributed by atoms with van der Waals surface area (Å²) in [4.78, 5) is 10.5. The third-order valence-electron chi connectivity index (χ3n) is 7.09. The number of benzene rings is 4. The van der Waals surface area contributed by atoms with Crippen molar-refractivity contribution in [3.05, 3.63) is 95.2 Å². The van der Waals surface area contributed by atoms with Crippen molar-refractivity contribution in [2.24, 2.45) is 0 Å². The van der Waals surface area contributed by atoms with Gasteiger partial charge in [0, 0.05) is 40.8 Å². The van der Waals surface area contributed by atoms with Gasteiger partial charge in [0.05, 0.1) is 40.4 Å². The molecular weight excluding hydrogens is 663 g/mol. The molecule has 0 atom stereocenters. The van der Waals surface area contributed by atoms with E-state index in [0.29, 0.717) is 41.3 Å². The number of rotatable bonds is 9. The standard InChI is InChI=1S/C19H17ClN2O5.C15H11ClN2O3/c20-15-8-13(16(23)9-17(15)24)19-14(10-21-22-19)11-3-5-12(6-4-11)27-7-1-2-18(25)26;16-12-5-10(13(20)6-14(12)21)15-11(7-17-18-15)8-1-3-9(19)4-2-8/h3-6,8-10,23-24H,1-2,7H2,(H,21,22)(H,25,26);1-7,19-21H,(H,17,18). The second kappa shape index (κ2) is 14.7. The van der Waals surface area contributed by atoms with Crippen LogP contribution in [0.15, 0.2) is 85.2 Å². The van der Waals surface area contributed by atoms with Crippen LogP contribution in [0.2, 0.25) is 10.0 Å². The van der Waals surface area contributed by atoms with E-state index in [2.05, 4.69) is 20.4 Å². The summed E-state index contributed by atoms with van der Waals surface area (Å²) in [6, 6.07) is 19.1. The first-order valence-electron chi connectivity index (χ1n) is 14.3. The van der Waals surface area contributed by atoms with E-state index in [0.717, 1.165) is 22.3 Å².